The number of rotatable bonds is 0. The standard InChI is InChI=1S/C8H7N5O.CH4/c1-4-2-5-6-7(12-8(14)11-5)9-3-10-13(4)6;/h2-3H,1H3,(H2,9,10,11,12,14);1H4. The monoisotopic (exact) mass is 205 g/mol. The molecular weight excluding hydrogens is 194 g/mol. The Bertz CT molecular complexity index is 607. The molecule has 78 valence electrons. The van der Waals surface area contributed by atoms with Crippen molar-refractivity contribution >= 4 is 23.2 Å². The van der Waals surface area contributed by atoms with E-state index in [1.54, 1.807) is 0 Å². The summed E-state index contributed by atoms with van der Waals surface area (Å²) in [6.45, 7) is 1.94. The lowest BCUT2D eigenvalue weighted by Crippen LogP contribution is -2.19. The van der Waals surface area contributed by atoms with E-state index < -0.39 is 0 Å². The summed E-state index contributed by atoms with van der Waals surface area (Å²) in [7, 11) is 0. The lowest BCUT2D eigenvalue weighted by Gasteiger charge is -2.11. The molecule has 0 atom stereocenters. The van der Waals surface area contributed by atoms with Crippen LogP contribution in [-0.4, -0.2) is 21.0 Å². The largest absolute Gasteiger partial charge is 0.347 e. The Morgan fingerprint density at radius 1 is 1.47 bits per heavy atom. The Morgan fingerprint density at radius 3 is 3.07 bits per heavy atom. The van der Waals surface area contributed by atoms with Crippen molar-refractivity contribution in [2.24, 2.45) is 4.99 Å². The lowest BCUT2D eigenvalue weighted by molar-refractivity contribution is 0.958. The zero-order valence-corrected chi connectivity index (χ0v) is 7.40. The van der Waals surface area contributed by atoms with Gasteiger partial charge in [0.25, 0.3) is 0 Å². The molecular formula is C9H11N5O. The highest BCUT2D eigenvalue weighted by atomic mass is 16.1. The Balaban J connectivity index is 0.000000853. The molecule has 0 spiro atoms. The smallest absolute Gasteiger partial charge is 0.304 e. The zero-order valence-electron chi connectivity index (χ0n) is 7.40. The van der Waals surface area contributed by atoms with Gasteiger partial charge in [0, 0.05) is 5.69 Å². The molecule has 2 aromatic rings. The van der Waals surface area contributed by atoms with Crippen LogP contribution >= 0.6 is 0 Å². The molecule has 0 aliphatic carbocycles. The summed E-state index contributed by atoms with van der Waals surface area (Å²) in [6.07, 6.45) is 1.52. The topological polar surface area (TPSA) is 75.1 Å². The molecule has 0 radical (unpaired) electrons. The first-order valence-corrected chi connectivity index (χ1v) is 4.17. The Morgan fingerprint density at radius 2 is 2.27 bits per heavy atom. The normalized spacial score (nSPS) is 12.3. The summed E-state index contributed by atoms with van der Waals surface area (Å²) >= 11 is 0. The molecule has 15 heavy (non-hydrogen) atoms. The molecule has 0 amide bonds. The summed E-state index contributed by atoms with van der Waals surface area (Å²) in [6, 6.07) is 1.88. The molecule has 0 aromatic carbocycles. The summed E-state index contributed by atoms with van der Waals surface area (Å²) in [5.41, 5.74) is 5.14. The Labute approximate surface area is 85.6 Å². The third-order valence-corrected chi connectivity index (χ3v) is 2.22. The van der Waals surface area contributed by atoms with Gasteiger partial charge < -0.3 is 4.98 Å². The maximum Gasteiger partial charge on any atom is 0.347 e. The van der Waals surface area contributed by atoms with Gasteiger partial charge in [-0.15, -0.1) is 0 Å². The fraction of sp³-hybridized carbons (Fsp3) is 0.222. The molecule has 1 aliphatic rings. The third-order valence-electron chi connectivity index (χ3n) is 2.22. The molecule has 0 unspecified atom stereocenters. The first-order valence-electron chi connectivity index (χ1n) is 4.17. The second kappa shape index (κ2) is 2.94. The Kier molecular flexibility index (Phi) is 1.85. The minimum atomic E-state index is -0.372. The average Bonchev–Trinajstić information content (AvgIpc) is 2.45. The number of hydrogen-bond acceptors (Lipinski definition) is 4. The van der Waals surface area contributed by atoms with Crippen LogP contribution in [0.25, 0.3) is 11.0 Å². The van der Waals surface area contributed by atoms with E-state index in [1.165, 1.54) is 6.34 Å². The molecule has 0 fully saturated rings. The average molecular weight is 205 g/mol. The number of aliphatic imine (C=N–C) groups is 1. The molecule has 3 rings (SSSR count). The summed E-state index contributed by atoms with van der Waals surface area (Å²) in [5, 5.41) is 0. The van der Waals surface area contributed by atoms with Crippen LogP contribution in [0.2, 0.25) is 0 Å². The van der Waals surface area contributed by atoms with Crippen molar-refractivity contribution in [2.45, 2.75) is 14.4 Å². The van der Waals surface area contributed by atoms with Gasteiger partial charge >= 0.3 is 5.69 Å². The summed E-state index contributed by atoms with van der Waals surface area (Å²) in [4.78, 5) is 21.6. The highest BCUT2D eigenvalue weighted by molar-refractivity contribution is 5.91. The van der Waals surface area contributed by atoms with Crippen LogP contribution in [0.4, 0.5) is 5.82 Å². The molecule has 6 heteroatoms. The van der Waals surface area contributed by atoms with E-state index in [0.29, 0.717) is 5.82 Å². The van der Waals surface area contributed by atoms with E-state index in [-0.39, 0.29) is 13.1 Å². The van der Waals surface area contributed by atoms with Crippen molar-refractivity contribution in [3.63, 3.8) is 0 Å². The van der Waals surface area contributed by atoms with Crippen molar-refractivity contribution < 1.29 is 0 Å². The number of H-pyrrole nitrogens is 1. The number of aromatic amines is 1. The summed E-state index contributed by atoms with van der Waals surface area (Å²) < 4.78 is 1.83. The minimum Gasteiger partial charge on any atom is -0.304 e. The first-order chi connectivity index (χ1) is 6.75. The van der Waals surface area contributed by atoms with Gasteiger partial charge in [-0.1, -0.05) is 7.43 Å². The molecule has 0 saturated heterocycles. The van der Waals surface area contributed by atoms with Crippen LogP contribution in [-0.2, 0) is 0 Å². The SMILES string of the molecule is C.Cc1cc2[nH]c(=O)nc3c2n1NC=N3. The molecule has 3 heterocycles. The van der Waals surface area contributed by atoms with Gasteiger partial charge in [0.15, 0.2) is 5.82 Å². The van der Waals surface area contributed by atoms with Gasteiger partial charge in [0.1, 0.15) is 11.9 Å². The third kappa shape index (κ3) is 1.14. The molecule has 0 bridgehead atoms. The van der Waals surface area contributed by atoms with Crippen LogP contribution < -0.4 is 11.1 Å². The van der Waals surface area contributed by atoms with E-state index in [9.17, 15) is 4.79 Å². The number of aromatic nitrogens is 3. The number of aryl methyl sites for hydroxylation is 1. The molecule has 1 aliphatic heterocycles. The van der Waals surface area contributed by atoms with Gasteiger partial charge in [0.2, 0.25) is 0 Å². The van der Waals surface area contributed by atoms with E-state index in [4.69, 9.17) is 0 Å². The van der Waals surface area contributed by atoms with Gasteiger partial charge in [-0.05, 0) is 13.0 Å². The van der Waals surface area contributed by atoms with Crippen LogP contribution in [0, 0.1) is 6.92 Å². The van der Waals surface area contributed by atoms with Gasteiger partial charge in [-0.3, -0.25) is 10.1 Å². The van der Waals surface area contributed by atoms with Crippen molar-refractivity contribution in [3.8, 4) is 0 Å². The minimum absolute atomic E-state index is 0. The predicted octanol–water partition coefficient (Wildman–Crippen LogP) is 0.886. The quantitative estimate of drug-likeness (QED) is 0.670. The van der Waals surface area contributed by atoms with Crippen LogP contribution in [0.1, 0.15) is 13.1 Å². The zero-order chi connectivity index (χ0) is 9.71. The molecule has 6 nitrogen and oxygen atoms in total. The maximum atomic E-state index is 11.1. The number of nitrogens with zero attached hydrogens (tertiary/aromatic N) is 3. The van der Waals surface area contributed by atoms with Crippen molar-refractivity contribution in [2.75, 3.05) is 5.43 Å². The maximum absolute atomic E-state index is 11.1. The number of nitrogens with one attached hydrogen (secondary N) is 2. The highest BCUT2D eigenvalue weighted by Crippen LogP contribution is 2.24. The predicted molar refractivity (Wildman–Crippen MR) is 59.3 cm³/mol. The second-order valence-corrected chi connectivity index (χ2v) is 3.14. The first kappa shape index (κ1) is 9.45. The van der Waals surface area contributed by atoms with Gasteiger partial charge in [0.05, 0.1) is 5.52 Å². The van der Waals surface area contributed by atoms with Crippen molar-refractivity contribution in [3.05, 3.63) is 22.2 Å². The lowest BCUT2D eigenvalue weighted by atomic mass is 10.4. The van der Waals surface area contributed by atoms with Crippen LogP contribution in [0.5, 0.6) is 0 Å². The van der Waals surface area contributed by atoms with Gasteiger partial charge in [-0.25, -0.2) is 9.79 Å². The molecule has 0 saturated carbocycles. The van der Waals surface area contributed by atoms with Crippen LogP contribution in [0.15, 0.2) is 15.9 Å². The van der Waals surface area contributed by atoms with Crippen LogP contribution in [0.3, 0.4) is 0 Å². The van der Waals surface area contributed by atoms with Gasteiger partial charge in [-0.2, -0.15) is 4.98 Å². The van der Waals surface area contributed by atoms with E-state index in [0.717, 1.165) is 16.7 Å². The Hall–Kier alpha value is -2.11. The fourth-order valence-corrected chi connectivity index (χ4v) is 1.65. The van der Waals surface area contributed by atoms with E-state index in [2.05, 4.69) is 20.4 Å². The number of hydrogen-bond donors (Lipinski definition) is 2. The fourth-order valence-electron chi connectivity index (χ4n) is 1.65. The molecule has 2 aromatic heterocycles. The van der Waals surface area contributed by atoms with E-state index >= 15 is 0 Å². The van der Waals surface area contributed by atoms with Crippen molar-refractivity contribution in [1.29, 1.82) is 0 Å². The molecule has 2 N–H and O–H groups in total. The van der Waals surface area contributed by atoms with Crippen molar-refractivity contribution in [1.82, 2.24) is 14.6 Å². The van der Waals surface area contributed by atoms with E-state index in [1.807, 2.05) is 17.7 Å². The second-order valence-electron chi connectivity index (χ2n) is 3.14. The highest BCUT2D eigenvalue weighted by Gasteiger charge is 2.14. The summed E-state index contributed by atoms with van der Waals surface area (Å²) in [5.74, 6) is 0.454.